The fourth-order valence-corrected chi connectivity index (χ4v) is 4.46. The first kappa shape index (κ1) is 15.1. The molecule has 0 aliphatic heterocycles. The van der Waals surface area contributed by atoms with E-state index in [2.05, 4.69) is 0 Å². The van der Waals surface area contributed by atoms with Crippen LogP contribution in [-0.4, -0.2) is 33.3 Å². The van der Waals surface area contributed by atoms with E-state index in [4.69, 9.17) is 8.71 Å². The van der Waals surface area contributed by atoms with Crippen LogP contribution >= 0.6 is 7.37 Å². The van der Waals surface area contributed by atoms with Crippen molar-refractivity contribution >= 4 is 17.5 Å². The van der Waals surface area contributed by atoms with Crippen LogP contribution in [0, 0.1) is 0 Å². The van der Waals surface area contributed by atoms with Crippen LogP contribution in [0.15, 0.2) is 0 Å². The molecule has 7 heteroatoms. The average Bonchev–Trinajstić information content (AvgIpc) is 2.01. The molecule has 0 saturated carbocycles. The standard InChI is InChI=1S/C8H19O5PS/c1-5-7-14(9,12-6-2)8(3)13-15(4,10)11/h8H,5-7H2,1-4H3. The van der Waals surface area contributed by atoms with Crippen molar-refractivity contribution in [3.63, 3.8) is 0 Å². The summed E-state index contributed by atoms with van der Waals surface area (Å²) in [5.74, 6) is -0.910. The topological polar surface area (TPSA) is 69.7 Å². The van der Waals surface area contributed by atoms with Crippen LogP contribution in [0.2, 0.25) is 0 Å². The summed E-state index contributed by atoms with van der Waals surface area (Å²) in [4.78, 5) is 0. The van der Waals surface area contributed by atoms with E-state index < -0.39 is 23.3 Å². The van der Waals surface area contributed by atoms with E-state index in [1.54, 1.807) is 6.92 Å². The Kier molecular flexibility index (Phi) is 6.03. The molecule has 0 saturated heterocycles. The molecule has 2 atom stereocenters. The fraction of sp³-hybridized carbons (Fsp3) is 1.00. The molecule has 0 N–H and O–H groups in total. The quantitative estimate of drug-likeness (QED) is 0.516. The molecule has 15 heavy (non-hydrogen) atoms. The first-order chi connectivity index (χ1) is 6.75. The van der Waals surface area contributed by atoms with E-state index in [1.807, 2.05) is 6.92 Å². The summed E-state index contributed by atoms with van der Waals surface area (Å²) in [5, 5.41) is 0. The first-order valence-electron chi connectivity index (χ1n) is 4.86. The van der Waals surface area contributed by atoms with Crippen LogP contribution in [0.4, 0.5) is 0 Å². The third-order valence-corrected chi connectivity index (χ3v) is 5.51. The van der Waals surface area contributed by atoms with Crippen molar-refractivity contribution in [2.75, 3.05) is 19.0 Å². The van der Waals surface area contributed by atoms with Crippen LogP contribution in [0.25, 0.3) is 0 Å². The summed E-state index contributed by atoms with van der Waals surface area (Å²) >= 11 is 0. The van der Waals surface area contributed by atoms with Crippen molar-refractivity contribution in [3.05, 3.63) is 0 Å². The van der Waals surface area contributed by atoms with Gasteiger partial charge in [0, 0.05) is 6.16 Å². The first-order valence-corrected chi connectivity index (χ1v) is 8.56. The molecule has 0 aliphatic rings. The summed E-state index contributed by atoms with van der Waals surface area (Å²) in [6, 6.07) is 0. The maximum absolute atomic E-state index is 12.2. The second kappa shape index (κ2) is 5.99. The van der Waals surface area contributed by atoms with Crippen molar-refractivity contribution in [2.45, 2.75) is 33.0 Å². The Morgan fingerprint density at radius 3 is 2.20 bits per heavy atom. The van der Waals surface area contributed by atoms with Gasteiger partial charge in [-0.1, -0.05) is 6.92 Å². The van der Waals surface area contributed by atoms with Crippen LogP contribution in [-0.2, 0) is 23.4 Å². The summed E-state index contributed by atoms with van der Waals surface area (Å²) in [7, 11) is -6.60. The van der Waals surface area contributed by atoms with Crippen LogP contribution in [0.5, 0.6) is 0 Å². The van der Waals surface area contributed by atoms with E-state index in [0.29, 0.717) is 12.6 Å². The molecule has 0 heterocycles. The highest BCUT2D eigenvalue weighted by molar-refractivity contribution is 7.86. The molecule has 0 rings (SSSR count). The Bertz CT molecular complexity index is 314. The predicted octanol–water partition coefficient (Wildman–Crippen LogP) is 2.03. The zero-order valence-electron chi connectivity index (χ0n) is 9.60. The number of rotatable bonds is 7. The Labute approximate surface area is 91.7 Å². The molecule has 2 unspecified atom stereocenters. The monoisotopic (exact) mass is 258 g/mol. The SMILES string of the molecule is CCCP(=O)(OCC)C(C)OS(C)(=O)=O. The molecule has 92 valence electrons. The van der Waals surface area contributed by atoms with Gasteiger partial charge in [0.25, 0.3) is 10.1 Å². The lowest BCUT2D eigenvalue weighted by molar-refractivity contribution is 0.248. The molecule has 0 aromatic carbocycles. The zero-order chi connectivity index (χ0) is 12.1. The third-order valence-electron chi connectivity index (χ3n) is 1.75. The van der Waals surface area contributed by atoms with Gasteiger partial charge < -0.3 is 4.52 Å². The van der Waals surface area contributed by atoms with Gasteiger partial charge in [-0.15, -0.1) is 0 Å². The minimum Gasteiger partial charge on any atom is -0.327 e. The Morgan fingerprint density at radius 2 is 1.87 bits per heavy atom. The molecule has 0 fully saturated rings. The van der Waals surface area contributed by atoms with E-state index >= 15 is 0 Å². The lowest BCUT2D eigenvalue weighted by Crippen LogP contribution is -2.17. The highest BCUT2D eigenvalue weighted by Crippen LogP contribution is 2.52. The highest BCUT2D eigenvalue weighted by Gasteiger charge is 2.32. The van der Waals surface area contributed by atoms with Crippen LogP contribution in [0.1, 0.15) is 27.2 Å². The van der Waals surface area contributed by atoms with Gasteiger partial charge in [0.15, 0.2) is 5.85 Å². The minimum absolute atomic E-state index is 0.286. The number of hydrogen-bond donors (Lipinski definition) is 0. The smallest absolute Gasteiger partial charge is 0.265 e. The molecule has 0 aliphatic carbocycles. The molecule has 0 spiro atoms. The van der Waals surface area contributed by atoms with Gasteiger partial charge in [0.2, 0.25) is 7.37 Å². The third kappa shape index (κ3) is 5.66. The van der Waals surface area contributed by atoms with Crippen molar-refractivity contribution in [1.29, 1.82) is 0 Å². The molecular weight excluding hydrogens is 239 g/mol. The Hall–Kier alpha value is 0.1000. The second-order valence-corrected chi connectivity index (χ2v) is 7.75. The van der Waals surface area contributed by atoms with Gasteiger partial charge >= 0.3 is 0 Å². The van der Waals surface area contributed by atoms with Crippen molar-refractivity contribution in [3.8, 4) is 0 Å². The lowest BCUT2D eigenvalue weighted by atomic mass is 10.6. The Balaban J connectivity index is 4.70. The van der Waals surface area contributed by atoms with Crippen molar-refractivity contribution < 1.29 is 21.7 Å². The van der Waals surface area contributed by atoms with Gasteiger partial charge in [-0.05, 0) is 20.3 Å². The van der Waals surface area contributed by atoms with E-state index in [9.17, 15) is 13.0 Å². The summed E-state index contributed by atoms with van der Waals surface area (Å²) in [6.07, 6.45) is 1.93. The van der Waals surface area contributed by atoms with Crippen LogP contribution < -0.4 is 0 Å². The predicted molar refractivity (Wildman–Crippen MR) is 59.8 cm³/mol. The molecule has 0 aromatic heterocycles. The molecular formula is C8H19O5PS. The Morgan fingerprint density at radius 1 is 1.33 bits per heavy atom. The second-order valence-electron chi connectivity index (χ2n) is 3.27. The molecule has 0 bridgehead atoms. The minimum atomic E-state index is -3.60. The largest absolute Gasteiger partial charge is 0.327 e. The molecule has 0 amide bonds. The van der Waals surface area contributed by atoms with E-state index in [1.165, 1.54) is 6.92 Å². The summed E-state index contributed by atoms with van der Waals surface area (Å²) < 4.78 is 43.8. The highest BCUT2D eigenvalue weighted by atomic mass is 32.2. The van der Waals surface area contributed by atoms with Crippen molar-refractivity contribution in [2.24, 2.45) is 0 Å². The van der Waals surface area contributed by atoms with Gasteiger partial charge in [0.05, 0.1) is 12.9 Å². The molecule has 5 nitrogen and oxygen atoms in total. The van der Waals surface area contributed by atoms with Gasteiger partial charge in [0.1, 0.15) is 0 Å². The lowest BCUT2D eigenvalue weighted by Gasteiger charge is -2.22. The van der Waals surface area contributed by atoms with Gasteiger partial charge in [-0.25, -0.2) is 0 Å². The molecule has 0 radical (unpaired) electrons. The summed E-state index contributed by atoms with van der Waals surface area (Å²) in [6.45, 7) is 5.33. The van der Waals surface area contributed by atoms with Gasteiger partial charge in [-0.2, -0.15) is 8.42 Å². The summed E-state index contributed by atoms with van der Waals surface area (Å²) in [5.41, 5.74) is 0. The van der Waals surface area contributed by atoms with E-state index in [-0.39, 0.29) is 6.61 Å². The normalized spacial score (nSPS) is 18.4. The van der Waals surface area contributed by atoms with E-state index in [0.717, 1.165) is 6.26 Å². The van der Waals surface area contributed by atoms with Crippen molar-refractivity contribution in [1.82, 2.24) is 0 Å². The maximum atomic E-state index is 12.2. The maximum Gasteiger partial charge on any atom is 0.265 e. The zero-order valence-corrected chi connectivity index (χ0v) is 11.3. The number of hydrogen-bond acceptors (Lipinski definition) is 5. The van der Waals surface area contributed by atoms with Crippen LogP contribution in [0.3, 0.4) is 0 Å². The van der Waals surface area contributed by atoms with Gasteiger partial charge in [-0.3, -0.25) is 8.75 Å². The fourth-order valence-electron chi connectivity index (χ4n) is 1.20. The average molecular weight is 258 g/mol. The molecule has 0 aromatic rings.